The van der Waals surface area contributed by atoms with E-state index in [4.69, 9.17) is 0 Å². The molecule has 0 amide bonds. The molecule has 0 heterocycles. The van der Waals surface area contributed by atoms with Crippen LogP contribution in [0.15, 0.2) is 45.3 Å². The summed E-state index contributed by atoms with van der Waals surface area (Å²) >= 11 is 6.58. The van der Waals surface area contributed by atoms with Crippen LogP contribution in [-0.4, -0.2) is 5.11 Å². The lowest BCUT2D eigenvalue weighted by atomic mass is 10.0. The highest BCUT2D eigenvalue weighted by Crippen LogP contribution is 2.29. The van der Waals surface area contributed by atoms with Crippen LogP contribution in [0.5, 0.6) is 0 Å². The van der Waals surface area contributed by atoms with Crippen LogP contribution in [0.2, 0.25) is 0 Å². The van der Waals surface area contributed by atoms with Crippen molar-refractivity contribution < 1.29 is 13.9 Å². The molecule has 2 rings (SSSR count). The molecule has 18 heavy (non-hydrogen) atoms. The van der Waals surface area contributed by atoms with Gasteiger partial charge < -0.3 is 5.11 Å². The summed E-state index contributed by atoms with van der Waals surface area (Å²) in [6.07, 6.45) is -1.14. The summed E-state index contributed by atoms with van der Waals surface area (Å²) in [5.41, 5.74) is 0.558. The fourth-order valence-corrected chi connectivity index (χ4v) is 2.96. The third-order valence-electron chi connectivity index (χ3n) is 2.46. The van der Waals surface area contributed by atoms with E-state index in [0.29, 0.717) is 5.56 Å². The number of benzene rings is 2. The topological polar surface area (TPSA) is 20.2 Å². The van der Waals surface area contributed by atoms with Crippen molar-refractivity contribution in [2.75, 3.05) is 0 Å². The van der Waals surface area contributed by atoms with Gasteiger partial charge >= 0.3 is 0 Å². The standard InChI is InChI=1S/C13H8Br2F2O/c14-8-3-7(4-9(15)5-8)13(18)11-2-1-10(16)6-12(11)17/h1-6,13,18H. The lowest BCUT2D eigenvalue weighted by molar-refractivity contribution is 0.214. The molecule has 2 aromatic carbocycles. The maximum Gasteiger partial charge on any atom is 0.132 e. The monoisotopic (exact) mass is 376 g/mol. The Morgan fingerprint density at radius 3 is 2.11 bits per heavy atom. The van der Waals surface area contributed by atoms with Crippen molar-refractivity contribution in [2.45, 2.75) is 6.10 Å². The molecule has 2 aromatic rings. The van der Waals surface area contributed by atoms with Crippen molar-refractivity contribution in [1.82, 2.24) is 0 Å². The van der Waals surface area contributed by atoms with Gasteiger partial charge in [-0.3, -0.25) is 0 Å². The number of hydrogen-bond donors (Lipinski definition) is 1. The van der Waals surface area contributed by atoms with Gasteiger partial charge in [0.25, 0.3) is 0 Å². The van der Waals surface area contributed by atoms with E-state index in [1.165, 1.54) is 6.07 Å². The minimum atomic E-state index is -1.14. The highest BCUT2D eigenvalue weighted by Gasteiger charge is 2.16. The summed E-state index contributed by atoms with van der Waals surface area (Å²) in [4.78, 5) is 0. The smallest absolute Gasteiger partial charge is 0.132 e. The van der Waals surface area contributed by atoms with Gasteiger partial charge in [0.15, 0.2) is 0 Å². The summed E-state index contributed by atoms with van der Waals surface area (Å²) < 4.78 is 27.9. The zero-order valence-corrected chi connectivity index (χ0v) is 12.2. The third kappa shape index (κ3) is 2.96. The Balaban J connectivity index is 2.44. The van der Waals surface area contributed by atoms with Gasteiger partial charge in [0.1, 0.15) is 17.7 Å². The van der Waals surface area contributed by atoms with Gasteiger partial charge in [-0.2, -0.15) is 0 Å². The third-order valence-corrected chi connectivity index (χ3v) is 3.37. The van der Waals surface area contributed by atoms with Crippen molar-refractivity contribution in [3.8, 4) is 0 Å². The highest BCUT2D eigenvalue weighted by atomic mass is 79.9. The fraction of sp³-hybridized carbons (Fsp3) is 0.0769. The number of rotatable bonds is 2. The van der Waals surface area contributed by atoms with Crippen molar-refractivity contribution in [3.63, 3.8) is 0 Å². The summed E-state index contributed by atoms with van der Waals surface area (Å²) in [5, 5.41) is 10.1. The zero-order valence-electron chi connectivity index (χ0n) is 9.00. The van der Waals surface area contributed by atoms with Gasteiger partial charge in [-0.25, -0.2) is 8.78 Å². The molecule has 0 radical (unpaired) electrons. The van der Waals surface area contributed by atoms with Gasteiger partial charge in [0, 0.05) is 20.6 Å². The SMILES string of the molecule is OC(c1cc(Br)cc(Br)c1)c1ccc(F)cc1F. The second kappa shape index (κ2) is 5.47. The van der Waals surface area contributed by atoms with Crippen LogP contribution in [0.1, 0.15) is 17.2 Å². The van der Waals surface area contributed by atoms with Crippen molar-refractivity contribution in [1.29, 1.82) is 0 Å². The first-order valence-corrected chi connectivity index (χ1v) is 6.65. The van der Waals surface area contributed by atoms with Crippen LogP contribution in [0, 0.1) is 11.6 Å². The summed E-state index contributed by atoms with van der Waals surface area (Å²) in [5.74, 6) is -1.43. The highest BCUT2D eigenvalue weighted by molar-refractivity contribution is 9.11. The predicted molar refractivity (Wildman–Crippen MR) is 72.3 cm³/mol. The molecule has 5 heteroatoms. The largest absolute Gasteiger partial charge is 0.384 e. The van der Waals surface area contributed by atoms with Crippen molar-refractivity contribution in [3.05, 3.63) is 68.1 Å². The van der Waals surface area contributed by atoms with Gasteiger partial charge in [-0.15, -0.1) is 0 Å². The molecule has 0 saturated carbocycles. The van der Waals surface area contributed by atoms with E-state index >= 15 is 0 Å². The Bertz CT molecular complexity index is 567. The van der Waals surface area contributed by atoms with Crippen LogP contribution in [0.25, 0.3) is 0 Å². The molecule has 0 aliphatic heterocycles. The Kier molecular flexibility index (Phi) is 4.14. The van der Waals surface area contributed by atoms with E-state index in [1.807, 2.05) is 0 Å². The van der Waals surface area contributed by atoms with Crippen LogP contribution < -0.4 is 0 Å². The Morgan fingerprint density at radius 1 is 0.944 bits per heavy atom. The van der Waals surface area contributed by atoms with Gasteiger partial charge in [0.2, 0.25) is 0 Å². The lowest BCUT2D eigenvalue weighted by Gasteiger charge is -2.13. The Labute approximate surface area is 120 Å². The molecule has 1 unspecified atom stereocenters. The Hall–Kier alpha value is -0.780. The average Bonchev–Trinajstić information content (AvgIpc) is 2.26. The number of aliphatic hydroxyl groups excluding tert-OH is 1. The number of aliphatic hydroxyl groups is 1. The average molecular weight is 378 g/mol. The van der Waals surface area contributed by atoms with Gasteiger partial charge in [-0.05, 0) is 29.8 Å². The fourth-order valence-electron chi connectivity index (χ4n) is 1.64. The first-order chi connectivity index (χ1) is 8.47. The molecule has 0 aromatic heterocycles. The van der Waals surface area contributed by atoms with E-state index in [0.717, 1.165) is 21.1 Å². The summed E-state index contributed by atoms with van der Waals surface area (Å²) in [6.45, 7) is 0. The second-order valence-electron chi connectivity index (χ2n) is 3.77. The molecular weight excluding hydrogens is 370 g/mol. The predicted octanol–water partition coefficient (Wildman–Crippen LogP) is 4.57. The molecule has 0 spiro atoms. The van der Waals surface area contributed by atoms with E-state index in [-0.39, 0.29) is 5.56 Å². The van der Waals surface area contributed by atoms with Crippen LogP contribution in [-0.2, 0) is 0 Å². The molecule has 1 nitrogen and oxygen atoms in total. The molecule has 1 N–H and O–H groups in total. The van der Waals surface area contributed by atoms with E-state index < -0.39 is 17.7 Å². The quantitative estimate of drug-likeness (QED) is 0.812. The van der Waals surface area contributed by atoms with Crippen molar-refractivity contribution in [2.24, 2.45) is 0 Å². The second-order valence-corrected chi connectivity index (χ2v) is 5.60. The molecule has 0 saturated heterocycles. The maximum atomic E-state index is 13.6. The molecule has 0 aliphatic rings. The van der Waals surface area contributed by atoms with Crippen LogP contribution >= 0.6 is 31.9 Å². The first kappa shape index (κ1) is 13.6. The van der Waals surface area contributed by atoms with E-state index in [1.54, 1.807) is 18.2 Å². The maximum absolute atomic E-state index is 13.6. The number of halogens is 4. The summed E-state index contributed by atoms with van der Waals surface area (Å²) in [6, 6.07) is 8.28. The van der Waals surface area contributed by atoms with Gasteiger partial charge in [-0.1, -0.05) is 37.9 Å². The van der Waals surface area contributed by atoms with Crippen LogP contribution in [0.4, 0.5) is 8.78 Å². The normalized spacial score (nSPS) is 12.5. The first-order valence-electron chi connectivity index (χ1n) is 5.06. The van der Waals surface area contributed by atoms with E-state index in [9.17, 15) is 13.9 Å². The molecule has 1 atom stereocenters. The summed E-state index contributed by atoms with van der Waals surface area (Å²) in [7, 11) is 0. The van der Waals surface area contributed by atoms with E-state index in [2.05, 4.69) is 31.9 Å². The molecular formula is C13H8Br2F2O. The molecule has 0 bridgehead atoms. The minimum absolute atomic E-state index is 0.0430. The van der Waals surface area contributed by atoms with Crippen LogP contribution in [0.3, 0.4) is 0 Å². The lowest BCUT2D eigenvalue weighted by Crippen LogP contribution is -2.03. The molecule has 0 aliphatic carbocycles. The Morgan fingerprint density at radius 2 is 1.56 bits per heavy atom. The van der Waals surface area contributed by atoms with Crippen molar-refractivity contribution >= 4 is 31.9 Å². The zero-order chi connectivity index (χ0) is 13.3. The molecule has 94 valence electrons. The number of hydrogen-bond acceptors (Lipinski definition) is 1. The van der Waals surface area contributed by atoms with Gasteiger partial charge in [0.05, 0.1) is 0 Å². The molecule has 0 fully saturated rings. The minimum Gasteiger partial charge on any atom is -0.384 e.